The molecule has 2 N–H and O–H groups in total. The lowest BCUT2D eigenvalue weighted by molar-refractivity contribution is 0.601. The van der Waals surface area contributed by atoms with E-state index in [0.29, 0.717) is 17.3 Å². The highest BCUT2D eigenvalue weighted by atomic mass is 127. The lowest BCUT2D eigenvalue weighted by atomic mass is 10.2. The molecule has 2 rings (SSSR count). The van der Waals surface area contributed by atoms with Crippen LogP contribution in [0, 0.1) is 3.57 Å². The Morgan fingerprint density at radius 1 is 1.19 bits per heavy atom. The van der Waals surface area contributed by atoms with Gasteiger partial charge in [0.05, 0.1) is 4.90 Å². The van der Waals surface area contributed by atoms with Gasteiger partial charge in [-0.2, -0.15) is 0 Å². The Labute approximate surface area is 143 Å². The largest absolute Gasteiger partial charge is 0.316 e. The van der Waals surface area contributed by atoms with Crippen molar-refractivity contribution in [3.8, 4) is 0 Å². The number of anilines is 1. The maximum Gasteiger partial charge on any atom is 0.261 e. The summed E-state index contributed by atoms with van der Waals surface area (Å²) in [6, 6.07) is 11.9. The molecule has 2 aromatic rings. The van der Waals surface area contributed by atoms with Crippen LogP contribution in [0.25, 0.3) is 0 Å². The highest BCUT2D eigenvalue weighted by Gasteiger charge is 2.16. The van der Waals surface area contributed by atoms with E-state index in [-0.39, 0.29) is 4.90 Å². The summed E-state index contributed by atoms with van der Waals surface area (Å²) in [6.07, 6.45) is 0. The molecule has 0 aromatic heterocycles. The zero-order valence-corrected chi connectivity index (χ0v) is 15.0. The summed E-state index contributed by atoms with van der Waals surface area (Å²) in [5.41, 5.74) is 1.38. The molecule has 0 aliphatic heterocycles. The number of halogens is 2. The number of sulfonamides is 1. The van der Waals surface area contributed by atoms with Crippen LogP contribution in [-0.4, -0.2) is 15.5 Å². The minimum Gasteiger partial charge on any atom is -0.316 e. The first-order chi connectivity index (χ1) is 9.92. The minimum atomic E-state index is -3.64. The van der Waals surface area contributed by atoms with Crippen molar-refractivity contribution in [1.82, 2.24) is 5.32 Å². The quantitative estimate of drug-likeness (QED) is 0.706. The highest BCUT2D eigenvalue weighted by molar-refractivity contribution is 14.1. The third kappa shape index (κ3) is 4.32. The Balaban J connectivity index is 2.29. The molecule has 0 bridgehead atoms. The van der Waals surface area contributed by atoms with Gasteiger partial charge in [0.2, 0.25) is 0 Å². The summed E-state index contributed by atoms with van der Waals surface area (Å²) in [5.74, 6) is 0. The van der Waals surface area contributed by atoms with E-state index in [1.54, 1.807) is 37.4 Å². The predicted molar refractivity (Wildman–Crippen MR) is 94.2 cm³/mol. The molecule has 0 fully saturated rings. The third-order valence-electron chi connectivity index (χ3n) is 2.78. The molecule has 0 aliphatic rings. The van der Waals surface area contributed by atoms with Crippen LogP contribution >= 0.6 is 34.2 Å². The van der Waals surface area contributed by atoms with E-state index in [9.17, 15) is 8.42 Å². The van der Waals surface area contributed by atoms with Gasteiger partial charge in [-0.05, 0) is 65.5 Å². The van der Waals surface area contributed by atoms with Crippen molar-refractivity contribution in [2.45, 2.75) is 11.4 Å². The number of rotatable bonds is 5. The maximum absolute atomic E-state index is 12.3. The molecule has 0 radical (unpaired) electrons. The second kappa shape index (κ2) is 6.95. The average Bonchev–Trinajstić information content (AvgIpc) is 2.40. The first-order valence-corrected chi connectivity index (χ1v) is 9.08. The SMILES string of the molecule is CNCc1ccc(S(=O)(=O)Nc2cccc(I)c2)cc1Cl. The van der Waals surface area contributed by atoms with Crippen molar-refractivity contribution in [3.63, 3.8) is 0 Å². The fourth-order valence-electron chi connectivity index (χ4n) is 1.80. The van der Waals surface area contributed by atoms with Crippen molar-refractivity contribution in [2.75, 3.05) is 11.8 Å². The topological polar surface area (TPSA) is 58.2 Å². The standard InChI is InChI=1S/C14H14ClIN2O2S/c1-17-9-10-5-6-13(8-14(10)15)21(19,20)18-12-4-2-3-11(16)7-12/h2-8,17-18H,9H2,1H3. The second-order valence-corrected chi connectivity index (χ2v) is 7.73. The molecule has 2 aromatic carbocycles. The van der Waals surface area contributed by atoms with Crippen molar-refractivity contribution in [1.29, 1.82) is 0 Å². The Morgan fingerprint density at radius 3 is 2.57 bits per heavy atom. The third-order valence-corrected chi connectivity index (χ3v) is 5.18. The Kier molecular flexibility index (Phi) is 5.48. The molecular weight excluding hydrogens is 423 g/mol. The van der Waals surface area contributed by atoms with Gasteiger partial charge in [0.15, 0.2) is 0 Å². The van der Waals surface area contributed by atoms with E-state index in [1.807, 2.05) is 6.07 Å². The number of nitrogens with one attached hydrogen (secondary N) is 2. The lowest BCUT2D eigenvalue weighted by Crippen LogP contribution is -2.13. The van der Waals surface area contributed by atoms with Gasteiger partial charge in [0.25, 0.3) is 10.0 Å². The van der Waals surface area contributed by atoms with E-state index in [4.69, 9.17) is 11.6 Å². The highest BCUT2D eigenvalue weighted by Crippen LogP contribution is 2.23. The molecule has 112 valence electrons. The first-order valence-electron chi connectivity index (χ1n) is 6.14. The van der Waals surface area contributed by atoms with Crippen LogP contribution in [0.2, 0.25) is 5.02 Å². The summed E-state index contributed by atoms with van der Waals surface area (Å²) < 4.78 is 28.2. The molecule has 0 spiro atoms. The molecular formula is C14H14ClIN2O2S. The molecule has 4 nitrogen and oxygen atoms in total. The van der Waals surface area contributed by atoms with Crippen LogP contribution in [0.5, 0.6) is 0 Å². The molecule has 21 heavy (non-hydrogen) atoms. The molecule has 7 heteroatoms. The van der Waals surface area contributed by atoms with E-state index < -0.39 is 10.0 Å². The normalized spacial score (nSPS) is 11.4. The summed E-state index contributed by atoms with van der Waals surface area (Å²) in [6.45, 7) is 0.587. The fraction of sp³-hybridized carbons (Fsp3) is 0.143. The van der Waals surface area contributed by atoms with E-state index in [2.05, 4.69) is 32.6 Å². The Bertz CT molecular complexity index is 750. The van der Waals surface area contributed by atoms with Crippen LogP contribution in [0.1, 0.15) is 5.56 Å². The number of hydrogen-bond acceptors (Lipinski definition) is 3. The van der Waals surface area contributed by atoms with Crippen molar-refractivity contribution in [2.24, 2.45) is 0 Å². The maximum atomic E-state index is 12.3. The monoisotopic (exact) mass is 436 g/mol. The lowest BCUT2D eigenvalue weighted by Gasteiger charge is -2.10. The number of hydrogen-bond donors (Lipinski definition) is 2. The molecule has 0 atom stereocenters. The summed E-state index contributed by atoms with van der Waals surface area (Å²) in [4.78, 5) is 0.145. The Morgan fingerprint density at radius 2 is 1.95 bits per heavy atom. The van der Waals surface area contributed by atoms with Crippen molar-refractivity contribution in [3.05, 3.63) is 56.6 Å². The van der Waals surface area contributed by atoms with E-state index in [1.165, 1.54) is 6.07 Å². The van der Waals surface area contributed by atoms with Crippen molar-refractivity contribution >= 4 is 49.9 Å². The van der Waals surface area contributed by atoms with Gasteiger partial charge < -0.3 is 5.32 Å². The molecule has 0 aliphatic carbocycles. The van der Waals surface area contributed by atoms with Gasteiger partial charge in [-0.3, -0.25) is 4.72 Å². The molecule has 0 saturated heterocycles. The number of benzene rings is 2. The summed E-state index contributed by atoms with van der Waals surface area (Å²) in [7, 11) is -1.84. The van der Waals surface area contributed by atoms with Crippen LogP contribution in [0.15, 0.2) is 47.4 Å². The fourth-order valence-corrected chi connectivity index (χ4v) is 3.73. The zero-order chi connectivity index (χ0) is 15.5. The van der Waals surface area contributed by atoms with Crippen LogP contribution in [-0.2, 0) is 16.6 Å². The summed E-state index contributed by atoms with van der Waals surface area (Å²) in [5, 5.41) is 3.40. The van der Waals surface area contributed by atoms with Crippen LogP contribution in [0.3, 0.4) is 0 Å². The van der Waals surface area contributed by atoms with Gasteiger partial charge in [0.1, 0.15) is 0 Å². The second-order valence-electron chi connectivity index (χ2n) is 4.40. The van der Waals surface area contributed by atoms with Crippen LogP contribution in [0.4, 0.5) is 5.69 Å². The molecule has 0 saturated carbocycles. The summed E-state index contributed by atoms with van der Waals surface area (Å²) >= 11 is 8.24. The van der Waals surface area contributed by atoms with E-state index >= 15 is 0 Å². The molecule has 0 unspecified atom stereocenters. The van der Waals surface area contributed by atoms with E-state index in [0.717, 1.165) is 9.13 Å². The minimum absolute atomic E-state index is 0.145. The van der Waals surface area contributed by atoms with Crippen molar-refractivity contribution < 1.29 is 8.42 Å². The smallest absolute Gasteiger partial charge is 0.261 e. The van der Waals surface area contributed by atoms with Crippen LogP contribution < -0.4 is 10.0 Å². The Hall–Kier alpha value is -0.830. The van der Waals surface area contributed by atoms with Gasteiger partial charge in [-0.1, -0.05) is 23.7 Å². The van der Waals surface area contributed by atoms with Gasteiger partial charge >= 0.3 is 0 Å². The first kappa shape index (κ1) is 16.5. The molecule has 0 amide bonds. The average molecular weight is 437 g/mol. The molecule has 0 heterocycles. The van der Waals surface area contributed by atoms with Gasteiger partial charge in [-0.25, -0.2) is 8.42 Å². The van der Waals surface area contributed by atoms with Gasteiger partial charge in [-0.15, -0.1) is 0 Å². The predicted octanol–water partition coefficient (Wildman–Crippen LogP) is 3.46. The zero-order valence-electron chi connectivity index (χ0n) is 11.2. The van der Waals surface area contributed by atoms with Gasteiger partial charge in [0, 0.05) is 20.8 Å².